The highest BCUT2D eigenvalue weighted by atomic mass is 35.5. The van der Waals surface area contributed by atoms with Gasteiger partial charge in [0.15, 0.2) is 0 Å². The highest BCUT2D eigenvalue weighted by molar-refractivity contribution is 6.27. The fraction of sp³-hybridized carbons (Fsp3) is 0.556. The second-order valence-corrected chi connectivity index (χ2v) is 7.06. The Morgan fingerprint density at radius 1 is 1.21 bits per heavy atom. The van der Waals surface area contributed by atoms with E-state index < -0.39 is 5.54 Å². The second-order valence-electron chi connectivity index (χ2n) is 6.79. The number of amides is 2. The van der Waals surface area contributed by atoms with Gasteiger partial charge in [0.2, 0.25) is 11.8 Å². The van der Waals surface area contributed by atoms with Gasteiger partial charge in [-0.2, -0.15) is 0 Å². The minimum atomic E-state index is -0.652. The Balaban J connectivity index is 1.84. The van der Waals surface area contributed by atoms with Crippen LogP contribution in [0, 0.1) is 5.92 Å². The molecular formula is C18H26ClN3O2. The molecular weight excluding hydrogens is 326 g/mol. The van der Waals surface area contributed by atoms with Crippen LogP contribution in [0.2, 0.25) is 0 Å². The number of likely N-dealkylation sites (tertiary alicyclic amines) is 1. The van der Waals surface area contributed by atoms with Crippen LogP contribution in [0.15, 0.2) is 30.3 Å². The summed E-state index contributed by atoms with van der Waals surface area (Å²) in [6.45, 7) is 5.91. The van der Waals surface area contributed by atoms with Crippen LogP contribution in [-0.2, 0) is 9.59 Å². The predicted octanol–water partition coefficient (Wildman–Crippen LogP) is 2.47. The number of piperidine rings is 1. The lowest BCUT2D eigenvalue weighted by atomic mass is 9.94. The Hall–Kier alpha value is -1.75. The molecule has 2 amide bonds. The maximum Gasteiger partial charge on any atom is 0.247 e. The van der Waals surface area contributed by atoms with E-state index in [4.69, 9.17) is 11.6 Å². The highest BCUT2D eigenvalue weighted by Crippen LogP contribution is 2.22. The maximum absolute atomic E-state index is 12.8. The van der Waals surface area contributed by atoms with E-state index in [0.29, 0.717) is 12.5 Å². The summed E-state index contributed by atoms with van der Waals surface area (Å²) in [5.41, 5.74) is 0.288. The van der Waals surface area contributed by atoms with Crippen molar-refractivity contribution in [1.29, 1.82) is 0 Å². The van der Waals surface area contributed by atoms with Crippen molar-refractivity contribution in [2.45, 2.75) is 32.2 Å². The fourth-order valence-electron chi connectivity index (χ4n) is 2.98. The Labute approximate surface area is 148 Å². The molecule has 5 nitrogen and oxygen atoms in total. The number of carbonyl (C=O) groups excluding carboxylic acids is 2. The summed E-state index contributed by atoms with van der Waals surface area (Å²) in [7, 11) is 0. The molecule has 1 fully saturated rings. The Morgan fingerprint density at radius 2 is 1.83 bits per heavy atom. The van der Waals surface area contributed by atoms with Gasteiger partial charge in [0.05, 0.1) is 0 Å². The molecule has 0 unspecified atom stereocenters. The van der Waals surface area contributed by atoms with Crippen molar-refractivity contribution in [3.8, 4) is 0 Å². The molecule has 1 saturated heterocycles. The van der Waals surface area contributed by atoms with Gasteiger partial charge in [-0.1, -0.05) is 18.2 Å². The van der Waals surface area contributed by atoms with Crippen molar-refractivity contribution >= 4 is 29.1 Å². The summed E-state index contributed by atoms with van der Waals surface area (Å²) < 4.78 is 0. The number of nitrogens with zero attached hydrogens (tertiary/aromatic N) is 1. The average Bonchev–Trinajstić information content (AvgIpc) is 2.60. The van der Waals surface area contributed by atoms with Crippen molar-refractivity contribution in [3.63, 3.8) is 0 Å². The number of carbonyl (C=O) groups is 2. The van der Waals surface area contributed by atoms with Crippen LogP contribution < -0.4 is 10.6 Å². The smallest absolute Gasteiger partial charge is 0.247 e. The van der Waals surface area contributed by atoms with Crippen LogP contribution in [0.25, 0.3) is 0 Å². The number of anilines is 1. The topological polar surface area (TPSA) is 61.4 Å². The number of halogens is 1. The molecule has 6 heteroatoms. The number of nitrogens with one attached hydrogen (secondary N) is 2. The summed E-state index contributed by atoms with van der Waals surface area (Å²) in [6, 6.07) is 9.77. The summed E-state index contributed by atoms with van der Waals surface area (Å²) in [4.78, 5) is 25.9. The lowest BCUT2D eigenvalue weighted by Crippen LogP contribution is -2.52. The van der Waals surface area contributed by atoms with E-state index >= 15 is 0 Å². The van der Waals surface area contributed by atoms with E-state index in [9.17, 15) is 9.59 Å². The minimum Gasteiger partial charge on any atom is -0.372 e. The molecule has 0 radical (unpaired) electrons. The Kier molecular flexibility index (Phi) is 6.49. The van der Waals surface area contributed by atoms with Gasteiger partial charge in [0, 0.05) is 25.3 Å². The van der Waals surface area contributed by atoms with Gasteiger partial charge in [0.1, 0.15) is 11.4 Å². The summed E-state index contributed by atoms with van der Waals surface area (Å²) >= 11 is 5.48. The van der Waals surface area contributed by atoms with Gasteiger partial charge in [-0.05, 0) is 44.7 Å². The molecule has 1 aliphatic heterocycles. The number of para-hydroxylation sites is 1. The summed E-state index contributed by atoms with van der Waals surface area (Å²) in [5, 5.41) is 6.13. The Morgan fingerprint density at radius 3 is 2.42 bits per heavy atom. The zero-order valence-corrected chi connectivity index (χ0v) is 15.1. The molecule has 24 heavy (non-hydrogen) atoms. The van der Waals surface area contributed by atoms with Gasteiger partial charge in [0.25, 0.3) is 0 Å². The molecule has 1 aromatic carbocycles. The van der Waals surface area contributed by atoms with Crippen molar-refractivity contribution < 1.29 is 9.59 Å². The number of hydrogen-bond donors (Lipinski definition) is 2. The monoisotopic (exact) mass is 351 g/mol. The molecule has 2 N–H and O–H groups in total. The van der Waals surface area contributed by atoms with E-state index in [2.05, 4.69) is 10.6 Å². The largest absolute Gasteiger partial charge is 0.372 e. The summed E-state index contributed by atoms with van der Waals surface area (Å²) in [6.07, 6.45) is 1.80. The molecule has 132 valence electrons. The van der Waals surface area contributed by atoms with E-state index in [0.717, 1.165) is 31.6 Å². The molecule has 0 saturated carbocycles. The summed E-state index contributed by atoms with van der Waals surface area (Å²) in [5.74, 6) is 0.376. The Bertz CT molecular complexity index is 555. The number of hydrogen-bond acceptors (Lipinski definition) is 3. The molecule has 0 aliphatic carbocycles. The standard InChI is InChI=1S/C18H26ClN3O2/c1-18(2,21-15-6-4-3-5-7-15)17(24)22-10-8-14(9-11-22)13-20-16(23)12-19/h3-7,14,21H,8-13H2,1-2H3,(H,20,23). The second kappa shape index (κ2) is 8.38. The van der Waals surface area contributed by atoms with Crippen molar-refractivity contribution in [3.05, 3.63) is 30.3 Å². The zero-order valence-electron chi connectivity index (χ0n) is 14.3. The first-order valence-electron chi connectivity index (χ1n) is 8.37. The van der Waals surface area contributed by atoms with Gasteiger partial charge in [-0.15, -0.1) is 11.6 Å². The van der Waals surface area contributed by atoms with Gasteiger partial charge < -0.3 is 15.5 Å². The van der Waals surface area contributed by atoms with Crippen LogP contribution in [0.1, 0.15) is 26.7 Å². The molecule has 0 bridgehead atoms. The van der Waals surface area contributed by atoms with E-state index in [1.165, 1.54) is 0 Å². The quantitative estimate of drug-likeness (QED) is 0.774. The molecule has 1 heterocycles. The third-order valence-corrected chi connectivity index (χ3v) is 4.62. The number of benzene rings is 1. The first-order chi connectivity index (χ1) is 11.4. The molecule has 2 rings (SSSR count). The molecule has 1 aromatic rings. The lowest BCUT2D eigenvalue weighted by molar-refractivity contribution is -0.136. The van der Waals surface area contributed by atoms with Crippen LogP contribution >= 0.6 is 11.6 Å². The predicted molar refractivity (Wildman–Crippen MR) is 97.2 cm³/mol. The molecule has 0 atom stereocenters. The van der Waals surface area contributed by atoms with Crippen molar-refractivity contribution in [2.75, 3.05) is 30.8 Å². The average molecular weight is 352 g/mol. The fourth-order valence-corrected chi connectivity index (χ4v) is 3.07. The minimum absolute atomic E-state index is 0.00330. The normalized spacial score (nSPS) is 15.9. The number of rotatable bonds is 6. The van der Waals surface area contributed by atoms with Crippen molar-refractivity contribution in [1.82, 2.24) is 10.2 Å². The van der Waals surface area contributed by atoms with Crippen LogP contribution in [0.3, 0.4) is 0 Å². The number of alkyl halides is 1. The first kappa shape index (κ1) is 18.6. The SMILES string of the molecule is CC(C)(Nc1ccccc1)C(=O)N1CCC(CNC(=O)CCl)CC1. The van der Waals surface area contributed by atoms with E-state index in [1.54, 1.807) is 0 Å². The first-order valence-corrected chi connectivity index (χ1v) is 8.91. The highest BCUT2D eigenvalue weighted by Gasteiger charge is 2.34. The van der Waals surface area contributed by atoms with Crippen LogP contribution in [-0.4, -0.2) is 47.8 Å². The third kappa shape index (κ3) is 5.13. The third-order valence-electron chi connectivity index (χ3n) is 4.38. The van der Waals surface area contributed by atoms with Gasteiger partial charge in [-0.3, -0.25) is 9.59 Å². The molecule has 1 aliphatic rings. The van der Waals surface area contributed by atoms with E-state index in [-0.39, 0.29) is 17.7 Å². The van der Waals surface area contributed by atoms with Gasteiger partial charge in [-0.25, -0.2) is 0 Å². The van der Waals surface area contributed by atoms with Crippen LogP contribution in [0.5, 0.6) is 0 Å². The van der Waals surface area contributed by atoms with Gasteiger partial charge >= 0.3 is 0 Å². The van der Waals surface area contributed by atoms with E-state index in [1.807, 2.05) is 49.1 Å². The lowest BCUT2D eigenvalue weighted by Gasteiger charge is -2.37. The zero-order chi connectivity index (χ0) is 17.6. The molecule has 0 spiro atoms. The molecule has 0 aromatic heterocycles. The van der Waals surface area contributed by atoms with Crippen LogP contribution in [0.4, 0.5) is 5.69 Å². The van der Waals surface area contributed by atoms with Crippen molar-refractivity contribution in [2.24, 2.45) is 5.92 Å². The maximum atomic E-state index is 12.8.